The first kappa shape index (κ1) is 15.6. The van der Waals surface area contributed by atoms with Gasteiger partial charge in [-0.05, 0) is 25.0 Å². The molecule has 1 aromatic carbocycles. The summed E-state index contributed by atoms with van der Waals surface area (Å²) in [6, 6.07) is 4.95. The molecule has 1 atom stereocenters. The molecule has 0 amide bonds. The van der Waals surface area contributed by atoms with Crippen molar-refractivity contribution in [2.24, 2.45) is 5.73 Å². The van der Waals surface area contributed by atoms with Gasteiger partial charge in [0.1, 0.15) is 15.9 Å². The molecule has 2 N–H and O–H groups in total. The normalized spacial score (nSPS) is 20.1. The molecular weight excluding hydrogens is 320 g/mol. The lowest BCUT2D eigenvalue weighted by molar-refractivity contribution is 0.393. The number of hydrogen-bond donors (Lipinski definition) is 1. The van der Waals surface area contributed by atoms with Crippen LogP contribution in [-0.2, 0) is 10.0 Å². The molecule has 0 aliphatic carbocycles. The highest BCUT2D eigenvalue weighted by atomic mass is 35.5. The van der Waals surface area contributed by atoms with Crippen LogP contribution in [0.25, 0.3) is 11.0 Å². The van der Waals surface area contributed by atoms with Crippen molar-refractivity contribution < 1.29 is 8.42 Å². The van der Waals surface area contributed by atoms with Gasteiger partial charge in [-0.25, -0.2) is 8.42 Å². The number of rotatable bonds is 3. The van der Waals surface area contributed by atoms with Crippen LogP contribution < -0.4 is 5.73 Å². The predicted octanol–water partition coefficient (Wildman–Crippen LogP) is 1.22. The molecule has 0 spiro atoms. The molecule has 2 aromatic rings. The van der Waals surface area contributed by atoms with E-state index in [4.69, 9.17) is 5.73 Å². The van der Waals surface area contributed by atoms with Crippen molar-refractivity contribution in [1.29, 1.82) is 0 Å². The van der Waals surface area contributed by atoms with Gasteiger partial charge < -0.3 is 5.73 Å². The zero-order chi connectivity index (χ0) is 13.5. The highest BCUT2D eigenvalue weighted by Crippen LogP contribution is 2.29. The van der Waals surface area contributed by atoms with E-state index < -0.39 is 10.0 Å². The fourth-order valence-electron chi connectivity index (χ4n) is 2.48. The maximum absolute atomic E-state index is 12.7. The summed E-state index contributed by atoms with van der Waals surface area (Å²) < 4.78 is 35.1. The zero-order valence-electron chi connectivity index (χ0n) is 10.6. The molecule has 2 heterocycles. The number of nitrogens with two attached hydrogens (primary N) is 1. The van der Waals surface area contributed by atoms with Gasteiger partial charge >= 0.3 is 0 Å². The molecule has 9 heteroatoms. The minimum atomic E-state index is -3.54. The van der Waals surface area contributed by atoms with Crippen LogP contribution in [-0.4, -0.2) is 40.6 Å². The number of halogens is 1. The Labute approximate surface area is 127 Å². The van der Waals surface area contributed by atoms with Crippen molar-refractivity contribution in [2.75, 3.05) is 13.1 Å². The van der Waals surface area contributed by atoms with Crippen molar-refractivity contribution in [3.63, 3.8) is 0 Å². The summed E-state index contributed by atoms with van der Waals surface area (Å²) in [7, 11) is -3.54. The lowest BCUT2D eigenvalue weighted by atomic mass is 10.2. The summed E-state index contributed by atoms with van der Waals surface area (Å²) in [6.07, 6.45) is 1.67. The van der Waals surface area contributed by atoms with Gasteiger partial charge in [-0.1, -0.05) is 6.07 Å². The standard InChI is InChI=1S/C11H14N4O2S2.ClH/c12-7-8-3-2-6-15(8)19(16,17)10-5-1-4-9-11(10)14-18-13-9;/h1,4-5,8H,2-3,6-7,12H2;1H. The van der Waals surface area contributed by atoms with Gasteiger partial charge in [-0.3, -0.25) is 0 Å². The minimum absolute atomic E-state index is 0. The SMILES string of the molecule is Cl.NCC1CCCN1S(=O)(=O)c1cccc2nsnc12. The van der Waals surface area contributed by atoms with Crippen LogP contribution in [0.15, 0.2) is 23.1 Å². The van der Waals surface area contributed by atoms with E-state index in [2.05, 4.69) is 8.75 Å². The van der Waals surface area contributed by atoms with Crippen molar-refractivity contribution in [3.05, 3.63) is 18.2 Å². The zero-order valence-corrected chi connectivity index (χ0v) is 13.0. The van der Waals surface area contributed by atoms with Crippen LogP contribution >= 0.6 is 24.1 Å². The Morgan fingerprint density at radius 2 is 2.20 bits per heavy atom. The van der Waals surface area contributed by atoms with Crippen LogP contribution in [0.5, 0.6) is 0 Å². The quantitative estimate of drug-likeness (QED) is 0.911. The van der Waals surface area contributed by atoms with E-state index in [-0.39, 0.29) is 23.3 Å². The number of aromatic nitrogens is 2. The first-order chi connectivity index (χ1) is 9.14. The molecule has 0 radical (unpaired) electrons. The van der Waals surface area contributed by atoms with E-state index >= 15 is 0 Å². The van der Waals surface area contributed by atoms with Gasteiger partial charge in [0.2, 0.25) is 10.0 Å². The number of nitrogens with zero attached hydrogens (tertiary/aromatic N) is 3. The van der Waals surface area contributed by atoms with Crippen molar-refractivity contribution in [2.45, 2.75) is 23.8 Å². The second kappa shape index (κ2) is 5.90. The van der Waals surface area contributed by atoms with Gasteiger partial charge in [0.25, 0.3) is 0 Å². The lowest BCUT2D eigenvalue weighted by Crippen LogP contribution is -2.39. The van der Waals surface area contributed by atoms with E-state index in [9.17, 15) is 8.42 Å². The maximum atomic E-state index is 12.7. The van der Waals surface area contributed by atoms with Crippen molar-refractivity contribution in [3.8, 4) is 0 Å². The van der Waals surface area contributed by atoms with E-state index in [0.717, 1.165) is 24.6 Å². The summed E-state index contributed by atoms with van der Waals surface area (Å²) in [6.45, 7) is 0.878. The van der Waals surface area contributed by atoms with Crippen LogP contribution in [0.2, 0.25) is 0 Å². The van der Waals surface area contributed by atoms with Gasteiger partial charge in [0.05, 0.1) is 11.7 Å². The summed E-state index contributed by atoms with van der Waals surface area (Å²) in [5.41, 5.74) is 6.73. The number of fused-ring (bicyclic) bond motifs is 1. The Kier molecular flexibility index (Phi) is 4.60. The summed E-state index contributed by atoms with van der Waals surface area (Å²) in [5, 5.41) is 0. The van der Waals surface area contributed by atoms with Crippen LogP contribution in [0, 0.1) is 0 Å². The van der Waals surface area contributed by atoms with E-state index in [1.54, 1.807) is 18.2 Å². The molecule has 1 saturated heterocycles. The number of sulfonamides is 1. The Morgan fingerprint density at radius 3 is 2.95 bits per heavy atom. The maximum Gasteiger partial charge on any atom is 0.245 e. The Balaban J connectivity index is 0.00000147. The Hall–Kier alpha value is -0.800. The van der Waals surface area contributed by atoms with Gasteiger partial charge in [0, 0.05) is 19.1 Å². The molecule has 6 nitrogen and oxygen atoms in total. The highest BCUT2D eigenvalue weighted by Gasteiger charge is 2.35. The molecule has 1 aliphatic heterocycles. The lowest BCUT2D eigenvalue weighted by Gasteiger charge is -2.22. The summed E-state index contributed by atoms with van der Waals surface area (Å²) in [4.78, 5) is 0.235. The summed E-state index contributed by atoms with van der Waals surface area (Å²) in [5.74, 6) is 0. The fraction of sp³-hybridized carbons (Fsp3) is 0.455. The number of benzene rings is 1. The number of hydrogen-bond acceptors (Lipinski definition) is 6. The van der Waals surface area contributed by atoms with E-state index in [1.807, 2.05) is 0 Å². The average molecular weight is 335 g/mol. The molecule has 0 bridgehead atoms. The van der Waals surface area contributed by atoms with Crippen molar-refractivity contribution in [1.82, 2.24) is 13.1 Å². The van der Waals surface area contributed by atoms with E-state index in [0.29, 0.717) is 24.1 Å². The third-order valence-electron chi connectivity index (χ3n) is 3.43. The van der Waals surface area contributed by atoms with Crippen LogP contribution in [0.3, 0.4) is 0 Å². The van der Waals surface area contributed by atoms with Crippen LogP contribution in [0.4, 0.5) is 0 Å². The first-order valence-corrected chi connectivity index (χ1v) is 8.25. The second-order valence-electron chi connectivity index (χ2n) is 4.54. The topological polar surface area (TPSA) is 89.2 Å². The van der Waals surface area contributed by atoms with Crippen LogP contribution in [0.1, 0.15) is 12.8 Å². The minimum Gasteiger partial charge on any atom is -0.329 e. The third-order valence-corrected chi connectivity index (χ3v) is 5.96. The largest absolute Gasteiger partial charge is 0.329 e. The highest BCUT2D eigenvalue weighted by molar-refractivity contribution is 7.89. The average Bonchev–Trinajstić information content (AvgIpc) is 3.06. The Morgan fingerprint density at radius 1 is 1.40 bits per heavy atom. The molecule has 1 aromatic heterocycles. The molecule has 1 unspecified atom stereocenters. The van der Waals surface area contributed by atoms with Gasteiger partial charge in [-0.15, -0.1) is 12.4 Å². The monoisotopic (exact) mass is 334 g/mol. The fourth-order valence-corrected chi connectivity index (χ4v) is 4.94. The Bertz CT molecular complexity index is 703. The molecule has 20 heavy (non-hydrogen) atoms. The molecule has 1 aliphatic rings. The molecule has 0 saturated carbocycles. The second-order valence-corrected chi connectivity index (χ2v) is 6.92. The summed E-state index contributed by atoms with van der Waals surface area (Å²) >= 11 is 1.02. The third kappa shape index (κ3) is 2.42. The predicted molar refractivity (Wildman–Crippen MR) is 80.6 cm³/mol. The molecule has 3 rings (SSSR count). The molecule has 1 fully saturated rings. The van der Waals surface area contributed by atoms with E-state index in [1.165, 1.54) is 4.31 Å². The molecular formula is C11H15ClN4O2S2. The smallest absolute Gasteiger partial charge is 0.245 e. The first-order valence-electron chi connectivity index (χ1n) is 6.08. The molecule has 110 valence electrons. The van der Waals surface area contributed by atoms with Gasteiger partial charge in [0.15, 0.2) is 0 Å². The van der Waals surface area contributed by atoms with Crippen molar-refractivity contribution >= 4 is 45.2 Å². The van der Waals surface area contributed by atoms with Gasteiger partial charge in [-0.2, -0.15) is 13.1 Å².